The molecule has 2 N–H and O–H groups in total. The zero-order valence-electron chi connectivity index (χ0n) is 13.3. The Hall–Kier alpha value is -3.02. The van der Waals surface area contributed by atoms with E-state index in [0.29, 0.717) is 18.7 Å². The van der Waals surface area contributed by atoms with Crippen molar-refractivity contribution in [3.05, 3.63) is 65.2 Å². The minimum Gasteiger partial charge on any atom is -0.496 e. The quantitative estimate of drug-likeness (QED) is 0.816. The molecule has 0 saturated heterocycles. The number of rotatable bonds is 7. The molecule has 24 heavy (non-hydrogen) atoms. The number of amides is 1. The van der Waals surface area contributed by atoms with Crippen molar-refractivity contribution in [2.75, 3.05) is 13.7 Å². The third-order valence-electron chi connectivity index (χ3n) is 3.41. The highest BCUT2D eigenvalue weighted by Crippen LogP contribution is 2.20. The van der Waals surface area contributed by atoms with E-state index in [1.165, 1.54) is 19.2 Å². The molecule has 2 rings (SSSR count). The maximum atomic E-state index is 11.7. The minimum atomic E-state index is -1.01. The normalized spacial score (nSPS) is 10.0. The van der Waals surface area contributed by atoms with E-state index < -0.39 is 12.1 Å². The van der Waals surface area contributed by atoms with E-state index in [-0.39, 0.29) is 12.2 Å². The van der Waals surface area contributed by atoms with Crippen LogP contribution in [0.2, 0.25) is 0 Å². The van der Waals surface area contributed by atoms with Gasteiger partial charge in [-0.2, -0.15) is 0 Å². The Morgan fingerprint density at radius 3 is 2.54 bits per heavy atom. The van der Waals surface area contributed by atoms with Crippen molar-refractivity contribution in [2.45, 2.75) is 13.0 Å². The van der Waals surface area contributed by atoms with Gasteiger partial charge in [0.15, 0.2) is 0 Å². The standard InChI is InChI=1S/C18H19NO5/c1-23-16-11-15(17(20)21)8-7-14(16)9-10-19-18(22)24-12-13-5-3-2-4-6-13/h2-8,11H,9-10,12H2,1H3,(H,19,22)(H,20,21). The Bertz CT molecular complexity index is 700. The van der Waals surface area contributed by atoms with Crippen LogP contribution in [0.4, 0.5) is 4.79 Å². The third kappa shape index (κ3) is 5.01. The summed E-state index contributed by atoms with van der Waals surface area (Å²) in [5.74, 6) is -0.531. The number of ether oxygens (including phenoxy) is 2. The number of nitrogens with one attached hydrogen (secondary N) is 1. The molecule has 0 aliphatic heterocycles. The molecule has 0 atom stereocenters. The van der Waals surface area contributed by atoms with Crippen LogP contribution in [0.3, 0.4) is 0 Å². The van der Waals surface area contributed by atoms with Gasteiger partial charge in [0.2, 0.25) is 0 Å². The van der Waals surface area contributed by atoms with E-state index in [1.807, 2.05) is 30.3 Å². The van der Waals surface area contributed by atoms with Gasteiger partial charge >= 0.3 is 12.1 Å². The van der Waals surface area contributed by atoms with Crippen LogP contribution >= 0.6 is 0 Å². The first-order valence-corrected chi connectivity index (χ1v) is 7.45. The van der Waals surface area contributed by atoms with Gasteiger partial charge in [0.1, 0.15) is 12.4 Å². The Kier molecular flexibility index (Phi) is 6.19. The van der Waals surface area contributed by atoms with Crippen molar-refractivity contribution in [3.63, 3.8) is 0 Å². The van der Waals surface area contributed by atoms with Gasteiger partial charge in [-0.05, 0) is 29.7 Å². The number of carbonyl (C=O) groups excluding carboxylic acids is 1. The summed E-state index contributed by atoms with van der Waals surface area (Å²) in [5.41, 5.74) is 1.88. The maximum Gasteiger partial charge on any atom is 0.407 e. The average Bonchev–Trinajstić information content (AvgIpc) is 2.61. The largest absolute Gasteiger partial charge is 0.496 e. The Morgan fingerprint density at radius 1 is 1.12 bits per heavy atom. The summed E-state index contributed by atoms with van der Waals surface area (Å²) in [7, 11) is 1.48. The molecule has 6 heteroatoms. The zero-order chi connectivity index (χ0) is 17.4. The lowest BCUT2D eigenvalue weighted by Gasteiger charge is -2.10. The van der Waals surface area contributed by atoms with E-state index in [2.05, 4.69) is 5.32 Å². The number of aromatic carboxylic acids is 1. The number of benzene rings is 2. The van der Waals surface area contributed by atoms with E-state index in [0.717, 1.165) is 11.1 Å². The molecule has 2 aromatic carbocycles. The van der Waals surface area contributed by atoms with Gasteiger partial charge in [0.05, 0.1) is 12.7 Å². The van der Waals surface area contributed by atoms with Crippen LogP contribution in [0, 0.1) is 0 Å². The molecular formula is C18H19NO5. The van der Waals surface area contributed by atoms with Crippen LogP contribution in [0.5, 0.6) is 5.75 Å². The SMILES string of the molecule is COc1cc(C(=O)O)ccc1CCNC(=O)OCc1ccccc1. The van der Waals surface area contributed by atoms with Crippen LogP contribution in [0.1, 0.15) is 21.5 Å². The lowest BCUT2D eigenvalue weighted by Crippen LogP contribution is -2.26. The van der Waals surface area contributed by atoms with Gasteiger partial charge in [-0.25, -0.2) is 9.59 Å². The molecule has 6 nitrogen and oxygen atoms in total. The van der Waals surface area contributed by atoms with Crippen LogP contribution in [0.25, 0.3) is 0 Å². The second-order valence-electron chi connectivity index (χ2n) is 5.07. The number of carboxylic acids is 1. The number of hydrogen-bond donors (Lipinski definition) is 2. The first-order chi connectivity index (χ1) is 11.6. The lowest BCUT2D eigenvalue weighted by atomic mass is 10.1. The van der Waals surface area contributed by atoms with E-state index in [9.17, 15) is 9.59 Å². The molecule has 0 unspecified atom stereocenters. The summed E-state index contributed by atoms with van der Waals surface area (Å²) in [4.78, 5) is 22.6. The fourth-order valence-corrected chi connectivity index (χ4v) is 2.16. The summed E-state index contributed by atoms with van der Waals surface area (Å²) < 4.78 is 10.3. The minimum absolute atomic E-state index is 0.158. The maximum absolute atomic E-state index is 11.7. The van der Waals surface area contributed by atoms with Gasteiger partial charge in [-0.3, -0.25) is 0 Å². The van der Waals surface area contributed by atoms with Crippen LogP contribution in [-0.2, 0) is 17.8 Å². The van der Waals surface area contributed by atoms with Crippen LogP contribution < -0.4 is 10.1 Å². The van der Waals surface area contributed by atoms with Gasteiger partial charge in [-0.1, -0.05) is 36.4 Å². The van der Waals surface area contributed by atoms with Crippen molar-refractivity contribution in [1.29, 1.82) is 0 Å². The molecule has 0 fully saturated rings. The summed E-state index contributed by atoms with van der Waals surface area (Å²) in [6.07, 6.45) is 0.00346. The van der Waals surface area contributed by atoms with Crippen LogP contribution in [0.15, 0.2) is 48.5 Å². The Balaban J connectivity index is 1.81. The van der Waals surface area contributed by atoms with Gasteiger partial charge in [-0.15, -0.1) is 0 Å². The summed E-state index contributed by atoms with van der Waals surface area (Å²) in [5, 5.41) is 11.6. The zero-order valence-corrected chi connectivity index (χ0v) is 13.3. The molecule has 0 radical (unpaired) electrons. The van der Waals surface area contributed by atoms with Crippen molar-refractivity contribution < 1.29 is 24.2 Å². The predicted octanol–water partition coefficient (Wildman–Crippen LogP) is 2.86. The first-order valence-electron chi connectivity index (χ1n) is 7.45. The Morgan fingerprint density at radius 2 is 1.88 bits per heavy atom. The number of alkyl carbamates (subject to hydrolysis) is 1. The highest BCUT2D eigenvalue weighted by molar-refractivity contribution is 5.88. The van der Waals surface area contributed by atoms with Crippen molar-refractivity contribution in [3.8, 4) is 5.75 Å². The number of methoxy groups -OCH3 is 1. The van der Waals surface area contributed by atoms with Gasteiger partial charge in [0.25, 0.3) is 0 Å². The monoisotopic (exact) mass is 329 g/mol. The van der Waals surface area contributed by atoms with Crippen LogP contribution in [-0.4, -0.2) is 30.8 Å². The second-order valence-corrected chi connectivity index (χ2v) is 5.07. The predicted molar refractivity (Wildman–Crippen MR) is 88.3 cm³/mol. The molecule has 0 bridgehead atoms. The topological polar surface area (TPSA) is 84.9 Å². The average molecular weight is 329 g/mol. The summed E-state index contributed by atoms with van der Waals surface area (Å²) in [6, 6.07) is 14.1. The first kappa shape index (κ1) is 17.3. The number of carbonyl (C=O) groups is 2. The summed E-state index contributed by atoms with van der Waals surface area (Å²) >= 11 is 0. The highest BCUT2D eigenvalue weighted by atomic mass is 16.5. The molecule has 0 spiro atoms. The van der Waals surface area contributed by atoms with E-state index >= 15 is 0 Å². The van der Waals surface area contributed by atoms with E-state index in [4.69, 9.17) is 14.6 Å². The molecule has 0 aromatic heterocycles. The van der Waals surface area contributed by atoms with Gasteiger partial charge < -0.3 is 19.9 Å². The Labute approximate surface area is 140 Å². The van der Waals surface area contributed by atoms with Crippen molar-refractivity contribution in [2.24, 2.45) is 0 Å². The molecule has 126 valence electrons. The molecule has 0 saturated carbocycles. The van der Waals surface area contributed by atoms with Gasteiger partial charge in [0, 0.05) is 6.54 Å². The van der Waals surface area contributed by atoms with Crippen molar-refractivity contribution in [1.82, 2.24) is 5.32 Å². The molecule has 2 aromatic rings. The second kappa shape index (κ2) is 8.57. The highest BCUT2D eigenvalue weighted by Gasteiger charge is 2.09. The third-order valence-corrected chi connectivity index (χ3v) is 3.41. The molecular weight excluding hydrogens is 310 g/mol. The molecule has 0 aliphatic rings. The lowest BCUT2D eigenvalue weighted by molar-refractivity contribution is 0.0696. The fourth-order valence-electron chi connectivity index (χ4n) is 2.16. The molecule has 0 heterocycles. The fraction of sp³-hybridized carbons (Fsp3) is 0.222. The van der Waals surface area contributed by atoms with E-state index in [1.54, 1.807) is 6.07 Å². The molecule has 0 aliphatic carbocycles. The summed E-state index contributed by atoms with van der Waals surface area (Å²) in [6.45, 7) is 0.569. The molecule has 1 amide bonds. The van der Waals surface area contributed by atoms with Crippen molar-refractivity contribution >= 4 is 12.1 Å². The number of carboxylic acid groups (broad SMARTS) is 1. The number of hydrogen-bond acceptors (Lipinski definition) is 4. The smallest absolute Gasteiger partial charge is 0.407 e.